The Morgan fingerprint density at radius 1 is 0.867 bits per heavy atom. The fourth-order valence-electron chi connectivity index (χ4n) is 4.61. The lowest BCUT2D eigenvalue weighted by Crippen LogP contribution is -1.87. The Kier molecular flexibility index (Phi) is 3.45. The van der Waals surface area contributed by atoms with E-state index in [9.17, 15) is 0 Å². The van der Waals surface area contributed by atoms with Gasteiger partial charge < -0.3 is 14.5 Å². The van der Waals surface area contributed by atoms with E-state index < -0.39 is 0 Å². The van der Waals surface area contributed by atoms with E-state index in [1.54, 1.807) is 0 Å². The Morgan fingerprint density at radius 3 is 2.57 bits per heavy atom. The van der Waals surface area contributed by atoms with Crippen molar-refractivity contribution in [1.82, 2.24) is 20.1 Å². The molecule has 2 aromatic carbocycles. The number of nitrogens with zero attached hydrogens (tertiary/aromatic N) is 2. The first-order chi connectivity index (χ1) is 14.6. The van der Waals surface area contributed by atoms with Crippen LogP contribution in [0.15, 0.2) is 59.4 Å². The Balaban J connectivity index is 1.67. The number of aromatic amines is 2. The first-order valence-corrected chi connectivity index (χ1v) is 10.0. The van der Waals surface area contributed by atoms with Crippen LogP contribution in [0.4, 0.5) is 0 Å². The lowest BCUT2D eigenvalue weighted by Gasteiger charge is -2.07. The van der Waals surface area contributed by atoms with Crippen LogP contribution >= 0.6 is 0 Å². The molecule has 0 bridgehead atoms. The van der Waals surface area contributed by atoms with Gasteiger partial charge in [0.15, 0.2) is 0 Å². The van der Waals surface area contributed by atoms with Gasteiger partial charge in [-0.15, -0.1) is 0 Å². The van der Waals surface area contributed by atoms with E-state index in [1.807, 2.05) is 32.2 Å². The summed E-state index contributed by atoms with van der Waals surface area (Å²) in [5.74, 6) is 0.840. The number of hydrogen-bond donors (Lipinski definition) is 2. The molecule has 0 spiro atoms. The van der Waals surface area contributed by atoms with Crippen LogP contribution in [0.25, 0.3) is 55.1 Å². The molecule has 0 atom stereocenters. The average molecular weight is 392 g/mol. The highest BCUT2D eigenvalue weighted by molar-refractivity contribution is 6.16. The molecule has 0 amide bonds. The molecule has 4 aromatic heterocycles. The van der Waals surface area contributed by atoms with E-state index >= 15 is 0 Å². The van der Waals surface area contributed by atoms with Crippen LogP contribution in [0.3, 0.4) is 0 Å². The first-order valence-electron chi connectivity index (χ1n) is 10.0. The number of hydrogen-bond acceptors (Lipinski definition) is 3. The molecule has 5 nitrogen and oxygen atoms in total. The lowest BCUT2D eigenvalue weighted by atomic mass is 9.96. The van der Waals surface area contributed by atoms with E-state index in [0.717, 1.165) is 55.8 Å². The fraction of sp³-hybridized carbons (Fsp3) is 0.120. The second-order valence-corrected chi connectivity index (χ2v) is 7.87. The highest BCUT2D eigenvalue weighted by atomic mass is 16.5. The van der Waals surface area contributed by atoms with Crippen molar-refractivity contribution >= 4 is 32.7 Å². The minimum absolute atomic E-state index is 0.840. The molecule has 0 unspecified atom stereocenters. The highest BCUT2D eigenvalue weighted by Crippen LogP contribution is 2.39. The molecule has 4 heterocycles. The van der Waals surface area contributed by atoms with Crippen LogP contribution in [0.2, 0.25) is 0 Å². The summed E-state index contributed by atoms with van der Waals surface area (Å²) >= 11 is 0. The third-order valence-electron chi connectivity index (χ3n) is 6.00. The van der Waals surface area contributed by atoms with Gasteiger partial charge in [-0.2, -0.15) is 0 Å². The Morgan fingerprint density at radius 2 is 1.73 bits per heavy atom. The Hall–Kier alpha value is -3.86. The van der Waals surface area contributed by atoms with Crippen LogP contribution in [-0.4, -0.2) is 20.1 Å². The topological polar surface area (TPSA) is 70.5 Å². The van der Waals surface area contributed by atoms with Crippen molar-refractivity contribution in [2.24, 2.45) is 0 Å². The maximum Gasteiger partial charge on any atom is 0.141 e. The molecule has 2 N–H and O–H groups in total. The van der Waals surface area contributed by atoms with Gasteiger partial charge in [-0.1, -0.05) is 23.4 Å². The van der Waals surface area contributed by atoms with Crippen molar-refractivity contribution in [3.63, 3.8) is 0 Å². The molecule has 146 valence electrons. The van der Waals surface area contributed by atoms with E-state index in [0.29, 0.717) is 0 Å². The van der Waals surface area contributed by atoms with Crippen molar-refractivity contribution in [2.45, 2.75) is 20.8 Å². The van der Waals surface area contributed by atoms with Gasteiger partial charge in [-0.3, -0.25) is 4.98 Å². The number of aromatic nitrogens is 4. The van der Waals surface area contributed by atoms with Gasteiger partial charge in [-0.05, 0) is 56.2 Å². The summed E-state index contributed by atoms with van der Waals surface area (Å²) in [4.78, 5) is 11.8. The number of benzene rings is 2. The predicted octanol–water partition coefficient (Wildman–Crippen LogP) is 6.44. The third kappa shape index (κ3) is 2.29. The number of nitrogens with one attached hydrogen (secondary N) is 2. The Labute approximate surface area is 172 Å². The number of fused-ring (bicyclic) bond motifs is 4. The van der Waals surface area contributed by atoms with Crippen molar-refractivity contribution in [3.8, 4) is 22.4 Å². The zero-order valence-corrected chi connectivity index (χ0v) is 17.0. The monoisotopic (exact) mass is 392 g/mol. The van der Waals surface area contributed by atoms with E-state index in [-0.39, 0.29) is 0 Å². The number of pyridine rings is 1. The molecule has 0 aliphatic carbocycles. The zero-order valence-electron chi connectivity index (χ0n) is 17.0. The molecule has 0 saturated heterocycles. The molecular formula is C25H20N4O. The fourth-order valence-corrected chi connectivity index (χ4v) is 4.61. The molecule has 6 rings (SSSR count). The standard InChI is InChI=1S/C25H20N4O/c1-13-10-18-22(11-17(13)23-14(2)29-30-15(23)3)28-21-8-9-26-25(24(18)21)19-12-27-20-7-5-4-6-16(19)20/h4-12,27-28H,1-3H3. The smallest absolute Gasteiger partial charge is 0.141 e. The molecule has 0 aliphatic heterocycles. The molecule has 0 aliphatic rings. The maximum absolute atomic E-state index is 5.41. The summed E-state index contributed by atoms with van der Waals surface area (Å²) in [5.41, 5.74) is 9.69. The molecule has 5 heteroatoms. The minimum Gasteiger partial charge on any atom is -0.361 e. The van der Waals surface area contributed by atoms with E-state index in [2.05, 4.69) is 58.6 Å². The van der Waals surface area contributed by atoms with Gasteiger partial charge in [0.1, 0.15) is 5.76 Å². The Bertz CT molecular complexity index is 1560. The summed E-state index contributed by atoms with van der Waals surface area (Å²) in [7, 11) is 0. The van der Waals surface area contributed by atoms with Gasteiger partial charge in [0.2, 0.25) is 0 Å². The highest BCUT2D eigenvalue weighted by Gasteiger charge is 2.18. The van der Waals surface area contributed by atoms with Crippen LogP contribution in [0.1, 0.15) is 17.0 Å². The van der Waals surface area contributed by atoms with Crippen LogP contribution in [-0.2, 0) is 0 Å². The first kappa shape index (κ1) is 17.0. The largest absolute Gasteiger partial charge is 0.361 e. The van der Waals surface area contributed by atoms with Crippen molar-refractivity contribution < 1.29 is 4.52 Å². The summed E-state index contributed by atoms with van der Waals surface area (Å²) in [6.07, 6.45) is 3.92. The number of rotatable bonds is 2. The van der Waals surface area contributed by atoms with Crippen LogP contribution < -0.4 is 0 Å². The lowest BCUT2D eigenvalue weighted by molar-refractivity contribution is 0.393. The molecular weight excluding hydrogens is 372 g/mol. The van der Waals surface area contributed by atoms with Gasteiger partial charge in [0.05, 0.1) is 16.9 Å². The number of aryl methyl sites for hydroxylation is 3. The summed E-state index contributed by atoms with van der Waals surface area (Å²) in [6.45, 7) is 6.09. The van der Waals surface area contributed by atoms with Crippen molar-refractivity contribution in [2.75, 3.05) is 0 Å². The molecule has 30 heavy (non-hydrogen) atoms. The molecule has 0 radical (unpaired) electrons. The van der Waals surface area contributed by atoms with Gasteiger partial charge >= 0.3 is 0 Å². The van der Waals surface area contributed by atoms with Crippen LogP contribution in [0, 0.1) is 20.8 Å². The van der Waals surface area contributed by atoms with Crippen molar-refractivity contribution in [1.29, 1.82) is 0 Å². The summed E-state index contributed by atoms with van der Waals surface area (Å²) in [5, 5.41) is 7.63. The normalized spacial score (nSPS) is 11.8. The number of H-pyrrole nitrogens is 2. The molecule has 0 saturated carbocycles. The van der Waals surface area contributed by atoms with Gasteiger partial charge in [-0.25, -0.2) is 0 Å². The molecule has 0 fully saturated rings. The SMILES string of the molecule is Cc1cc2c(cc1-c1c(C)noc1C)[nH]c1ccnc(-c3c[nH]c4ccccc34)c12. The third-order valence-corrected chi connectivity index (χ3v) is 6.00. The predicted molar refractivity (Wildman–Crippen MR) is 121 cm³/mol. The quantitative estimate of drug-likeness (QED) is 0.356. The van der Waals surface area contributed by atoms with E-state index in [1.165, 1.54) is 16.3 Å². The second-order valence-electron chi connectivity index (χ2n) is 7.87. The molecule has 6 aromatic rings. The number of para-hydroxylation sites is 1. The minimum atomic E-state index is 0.840. The zero-order chi connectivity index (χ0) is 20.4. The summed E-state index contributed by atoms with van der Waals surface area (Å²) < 4.78 is 5.41. The maximum atomic E-state index is 5.41. The van der Waals surface area contributed by atoms with Crippen LogP contribution in [0.5, 0.6) is 0 Å². The van der Waals surface area contributed by atoms with Gasteiger partial charge in [0, 0.05) is 50.7 Å². The van der Waals surface area contributed by atoms with Gasteiger partial charge in [0.25, 0.3) is 0 Å². The summed E-state index contributed by atoms with van der Waals surface area (Å²) in [6, 6.07) is 14.8. The average Bonchev–Trinajstić information content (AvgIpc) is 3.42. The van der Waals surface area contributed by atoms with E-state index in [4.69, 9.17) is 9.51 Å². The second kappa shape index (κ2) is 6.07. The van der Waals surface area contributed by atoms with Crippen molar-refractivity contribution in [3.05, 3.63) is 71.9 Å².